The summed E-state index contributed by atoms with van der Waals surface area (Å²) in [5, 5.41) is 0. The maximum Gasteiger partial charge on any atom is 0.454 e. The van der Waals surface area contributed by atoms with E-state index in [0.717, 1.165) is 24.3 Å². The van der Waals surface area contributed by atoms with Gasteiger partial charge in [0.2, 0.25) is 0 Å². The van der Waals surface area contributed by atoms with Gasteiger partial charge in [0, 0.05) is 11.5 Å². The molecular weight excluding hydrogens is 183 g/mol. The summed E-state index contributed by atoms with van der Waals surface area (Å²) in [5.74, 6) is 2.20. The lowest BCUT2D eigenvalue weighted by Gasteiger charge is -2.36. The standard InChI is InChI=1S/C9H17BO2S/c1-4-8-6-13-7-9(8,5-2)12-10(3)11-8/h4-7H2,1-3H3/t8-,9?/m1/s1. The second-order valence-electron chi connectivity index (χ2n) is 3.99. The van der Waals surface area contributed by atoms with Gasteiger partial charge in [0.1, 0.15) is 0 Å². The zero-order chi connectivity index (χ0) is 9.53. The Morgan fingerprint density at radius 2 is 1.62 bits per heavy atom. The summed E-state index contributed by atoms with van der Waals surface area (Å²) in [6.07, 6.45) is 2.14. The van der Waals surface area contributed by atoms with E-state index in [9.17, 15) is 0 Å². The maximum absolute atomic E-state index is 5.97. The Balaban J connectivity index is 2.30. The molecule has 0 saturated carbocycles. The summed E-state index contributed by atoms with van der Waals surface area (Å²) in [6, 6.07) is 0. The minimum absolute atomic E-state index is 0.00579. The molecule has 2 atom stereocenters. The van der Waals surface area contributed by atoms with Crippen LogP contribution >= 0.6 is 11.8 Å². The molecule has 0 aromatic carbocycles. The summed E-state index contributed by atoms with van der Waals surface area (Å²) < 4.78 is 11.9. The largest absolute Gasteiger partial charge is 0.454 e. The number of hydrogen-bond acceptors (Lipinski definition) is 3. The minimum atomic E-state index is -0.0131. The van der Waals surface area contributed by atoms with Crippen LogP contribution in [0.2, 0.25) is 6.82 Å². The maximum atomic E-state index is 5.97. The molecule has 0 spiro atoms. The van der Waals surface area contributed by atoms with Gasteiger partial charge in [0.25, 0.3) is 0 Å². The van der Waals surface area contributed by atoms with E-state index in [4.69, 9.17) is 9.31 Å². The Bertz CT molecular complexity index is 194. The molecular formula is C9H17BO2S. The number of rotatable bonds is 2. The van der Waals surface area contributed by atoms with E-state index in [0.29, 0.717) is 0 Å². The van der Waals surface area contributed by atoms with Crippen molar-refractivity contribution >= 4 is 18.9 Å². The highest BCUT2D eigenvalue weighted by Crippen LogP contribution is 2.51. The van der Waals surface area contributed by atoms with Gasteiger partial charge >= 0.3 is 7.12 Å². The summed E-state index contributed by atoms with van der Waals surface area (Å²) in [6.45, 7) is 6.42. The van der Waals surface area contributed by atoms with E-state index >= 15 is 0 Å². The van der Waals surface area contributed by atoms with Crippen molar-refractivity contribution in [1.82, 2.24) is 0 Å². The third-order valence-corrected chi connectivity index (χ3v) is 4.77. The van der Waals surface area contributed by atoms with Gasteiger partial charge in [-0.1, -0.05) is 13.8 Å². The van der Waals surface area contributed by atoms with Crippen molar-refractivity contribution < 1.29 is 9.31 Å². The minimum Gasteiger partial charge on any atom is -0.402 e. The molecule has 4 heteroatoms. The molecule has 0 bridgehead atoms. The Morgan fingerprint density at radius 1 is 1.15 bits per heavy atom. The van der Waals surface area contributed by atoms with E-state index in [1.807, 2.05) is 18.6 Å². The summed E-state index contributed by atoms with van der Waals surface area (Å²) in [4.78, 5) is 0. The van der Waals surface area contributed by atoms with Crippen molar-refractivity contribution in [1.29, 1.82) is 0 Å². The molecule has 0 aliphatic carbocycles. The van der Waals surface area contributed by atoms with Crippen LogP contribution in [0.15, 0.2) is 0 Å². The van der Waals surface area contributed by atoms with Crippen LogP contribution in [-0.4, -0.2) is 29.8 Å². The van der Waals surface area contributed by atoms with Crippen LogP contribution in [0.5, 0.6) is 0 Å². The zero-order valence-electron chi connectivity index (χ0n) is 8.63. The molecule has 1 unspecified atom stereocenters. The second kappa shape index (κ2) is 3.18. The highest BCUT2D eigenvalue weighted by molar-refractivity contribution is 7.99. The average Bonchev–Trinajstić information content (AvgIpc) is 2.56. The fraction of sp³-hybridized carbons (Fsp3) is 1.00. The molecule has 2 fully saturated rings. The van der Waals surface area contributed by atoms with Crippen LogP contribution in [0, 0.1) is 0 Å². The Labute approximate surface area is 84.9 Å². The van der Waals surface area contributed by atoms with Crippen LogP contribution in [0.25, 0.3) is 0 Å². The van der Waals surface area contributed by atoms with Gasteiger partial charge in [-0.25, -0.2) is 0 Å². The highest BCUT2D eigenvalue weighted by Gasteiger charge is 2.61. The first-order chi connectivity index (χ1) is 6.18. The third kappa shape index (κ3) is 1.19. The summed E-state index contributed by atoms with van der Waals surface area (Å²) >= 11 is 1.96. The quantitative estimate of drug-likeness (QED) is 0.636. The van der Waals surface area contributed by atoms with Crippen LogP contribution in [0.1, 0.15) is 26.7 Å². The van der Waals surface area contributed by atoms with Gasteiger partial charge in [-0.15, -0.1) is 0 Å². The first kappa shape index (κ1) is 9.87. The topological polar surface area (TPSA) is 18.5 Å². The van der Waals surface area contributed by atoms with Gasteiger partial charge < -0.3 is 9.31 Å². The molecule has 2 saturated heterocycles. The molecule has 0 N–H and O–H groups in total. The van der Waals surface area contributed by atoms with Crippen LogP contribution in [0.3, 0.4) is 0 Å². The predicted octanol–water partition coefficient (Wildman–Crippen LogP) is 2.20. The van der Waals surface area contributed by atoms with Crippen molar-refractivity contribution in [3.05, 3.63) is 0 Å². The zero-order valence-corrected chi connectivity index (χ0v) is 9.45. The molecule has 0 aromatic heterocycles. The van der Waals surface area contributed by atoms with Gasteiger partial charge in [-0.2, -0.15) is 11.8 Å². The van der Waals surface area contributed by atoms with Crippen LogP contribution in [0.4, 0.5) is 0 Å². The first-order valence-corrected chi connectivity index (χ1v) is 6.27. The van der Waals surface area contributed by atoms with E-state index in [1.165, 1.54) is 0 Å². The molecule has 0 aromatic rings. The predicted molar refractivity (Wildman–Crippen MR) is 57.2 cm³/mol. The van der Waals surface area contributed by atoms with E-state index in [1.54, 1.807) is 0 Å². The number of hydrogen-bond donors (Lipinski definition) is 0. The third-order valence-electron chi connectivity index (χ3n) is 3.43. The van der Waals surface area contributed by atoms with E-state index in [-0.39, 0.29) is 18.3 Å². The summed E-state index contributed by atoms with van der Waals surface area (Å²) in [7, 11) is -0.0131. The fourth-order valence-electron chi connectivity index (χ4n) is 2.60. The molecule has 2 heterocycles. The average molecular weight is 200 g/mol. The second-order valence-corrected chi connectivity index (χ2v) is 4.98. The molecule has 2 nitrogen and oxygen atoms in total. The lowest BCUT2D eigenvalue weighted by atomic mass is 9.82. The monoisotopic (exact) mass is 200 g/mol. The SMILES string of the molecule is CCC12CSC[C@@]1(CC)OB(C)O2. The molecule has 2 aliphatic heterocycles. The fourth-order valence-corrected chi connectivity index (χ4v) is 4.43. The lowest BCUT2D eigenvalue weighted by molar-refractivity contribution is -0.0120. The highest BCUT2D eigenvalue weighted by atomic mass is 32.2. The van der Waals surface area contributed by atoms with Gasteiger partial charge in [0.15, 0.2) is 0 Å². The number of thioether (sulfide) groups is 1. The molecule has 2 aliphatic rings. The Kier molecular flexibility index (Phi) is 2.41. The molecule has 13 heavy (non-hydrogen) atoms. The van der Waals surface area contributed by atoms with Crippen molar-refractivity contribution in [2.75, 3.05) is 11.5 Å². The molecule has 0 radical (unpaired) electrons. The summed E-state index contributed by atoms with van der Waals surface area (Å²) in [5.41, 5.74) is 0.0116. The van der Waals surface area contributed by atoms with Crippen LogP contribution in [-0.2, 0) is 9.31 Å². The van der Waals surface area contributed by atoms with E-state index < -0.39 is 0 Å². The van der Waals surface area contributed by atoms with Crippen molar-refractivity contribution in [2.24, 2.45) is 0 Å². The Hall–Kier alpha value is 0.335. The van der Waals surface area contributed by atoms with Crippen LogP contribution < -0.4 is 0 Å². The lowest BCUT2D eigenvalue weighted by Crippen LogP contribution is -2.49. The van der Waals surface area contributed by atoms with E-state index in [2.05, 4.69) is 13.8 Å². The van der Waals surface area contributed by atoms with Gasteiger partial charge in [-0.05, 0) is 19.7 Å². The Morgan fingerprint density at radius 3 is 2.00 bits per heavy atom. The molecule has 0 amide bonds. The first-order valence-electron chi connectivity index (χ1n) is 5.11. The van der Waals surface area contributed by atoms with Gasteiger partial charge in [0.05, 0.1) is 11.2 Å². The molecule has 74 valence electrons. The van der Waals surface area contributed by atoms with Crippen molar-refractivity contribution in [3.63, 3.8) is 0 Å². The number of fused-ring (bicyclic) bond motifs is 1. The molecule has 2 rings (SSSR count). The normalized spacial score (nSPS) is 44.1. The van der Waals surface area contributed by atoms with Crippen molar-refractivity contribution in [2.45, 2.75) is 44.7 Å². The van der Waals surface area contributed by atoms with Gasteiger partial charge in [-0.3, -0.25) is 0 Å². The van der Waals surface area contributed by atoms with Crippen molar-refractivity contribution in [3.8, 4) is 0 Å². The smallest absolute Gasteiger partial charge is 0.402 e.